The second-order valence-electron chi connectivity index (χ2n) is 19.2. The smallest absolute Gasteiger partial charge is 0.306 e. The van der Waals surface area contributed by atoms with E-state index in [0.29, 0.717) is 19.3 Å². The summed E-state index contributed by atoms with van der Waals surface area (Å²) in [5, 5.41) is 0. The molecule has 0 aliphatic carbocycles. The highest BCUT2D eigenvalue weighted by atomic mass is 16.6. The minimum Gasteiger partial charge on any atom is -0.462 e. The third kappa shape index (κ3) is 49.4. The Morgan fingerprint density at radius 2 is 0.435 bits per heavy atom. The lowest BCUT2D eigenvalue weighted by atomic mass is 10.0. The lowest BCUT2D eigenvalue weighted by Crippen LogP contribution is -2.30. The Hall–Kier alpha value is -1.59. The van der Waals surface area contributed by atoms with Crippen LogP contribution in [0.15, 0.2) is 0 Å². The van der Waals surface area contributed by atoms with Crippen molar-refractivity contribution >= 4 is 17.9 Å². The molecule has 368 valence electrons. The molecule has 0 rings (SSSR count). The molecule has 0 spiro atoms. The zero-order valence-corrected chi connectivity index (χ0v) is 42.2. The van der Waals surface area contributed by atoms with Gasteiger partial charge in [-0.2, -0.15) is 0 Å². The number of carbonyl (C=O) groups is 3. The third-order valence-electron chi connectivity index (χ3n) is 12.9. The van der Waals surface area contributed by atoms with Crippen molar-refractivity contribution in [2.75, 3.05) is 13.2 Å². The molecule has 0 radical (unpaired) electrons. The molecular formula is C56H108O6. The molecule has 0 N–H and O–H groups in total. The Balaban J connectivity index is 4.24. The van der Waals surface area contributed by atoms with Crippen LogP contribution >= 0.6 is 0 Å². The van der Waals surface area contributed by atoms with Crippen LogP contribution in [-0.2, 0) is 28.6 Å². The molecule has 0 aliphatic rings. The molecule has 6 nitrogen and oxygen atoms in total. The molecule has 0 saturated carbocycles. The Kier molecular flexibility index (Phi) is 50.7. The average molecular weight is 877 g/mol. The van der Waals surface area contributed by atoms with Gasteiger partial charge in [-0.1, -0.05) is 284 Å². The van der Waals surface area contributed by atoms with Crippen LogP contribution in [0, 0.1) is 0 Å². The number of carbonyl (C=O) groups excluding carboxylic acids is 3. The molecule has 6 heteroatoms. The Morgan fingerprint density at radius 3 is 0.645 bits per heavy atom. The van der Waals surface area contributed by atoms with Gasteiger partial charge < -0.3 is 14.2 Å². The van der Waals surface area contributed by atoms with Crippen molar-refractivity contribution in [1.29, 1.82) is 0 Å². The summed E-state index contributed by atoms with van der Waals surface area (Å²) in [5.41, 5.74) is 0. The van der Waals surface area contributed by atoms with Crippen LogP contribution in [0.1, 0.15) is 323 Å². The first-order valence-electron chi connectivity index (χ1n) is 28.0. The van der Waals surface area contributed by atoms with Crippen molar-refractivity contribution < 1.29 is 28.6 Å². The van der Waals surface area contributed by atoms with Crippen molar-refractivity contribution in [3.05, 3.63) is 0 Å². The van der Waals surface area contributed by atoms with Crippen molar-refractivity contribution in [3.63, 3.8) is 0 Å². The van der Waals surface area contributed by atoms with Gasteiger partial charge in [0.1, 0.15) is 13.2 Å². The van der Waals surface area contributed by atoms with Gasteiger partial charge >= 0.3 is 17.9 Å². The summed E-state index contributed by atoms with van der Waals surface area (Å²) in [4.78, 5) is 38.0. The van der Waals surface area contributed by atoms with Crippen molar-refractivity contribution in [1.82, 2.24) is 0 Å². The van der Waals surface area contributed by atoms with Crippen LogP contribution in [0.5, 0.6) is 0 Å². The maximum Gasteiger partial charge on any atom is 0.306 e. The SMILES string of the molecule is CCCCCCCCCCCCCCCCCCCCCC(=O)OCC(COC(=O)CCCCCCCCCCCCC)OC(=O)CCCCCCCCCCCCCCCC. The quantitative estimate of drug-likeness (QED) is 0.0344. The fourth-order valence-electron chi connectivity index (χ4n) is 8.62. The molecule has 1 atom stereocenters. The molecule has 0 aromatic heterocycles. The van der Waals surface area contributed by atoms with E-state index in [1.165, 1.54) is 225 Å². The molecule has 1 unspecified atom stereocenters. The van der Waals surface area contributed by atoms with E-state index in [-0.39, 0.29) is 31.1 Å². The highest BCUT2D eigenvalue weighted by molar-refractivity contribution is 5.71. The average Bonchev–Trinajstić information content (AvgIpc) is 3.27. The second kappa shape index (κ2) is 52.0. The van der Waals surface area contributed by atoms with Crippen molar-refractivity contribution in [2.45, 2.75) is 329 Å². The molecule has 0 aliphatic heterocycles. The van der Waals surface area contributed by atoms with Crippen LogP contribution in [0.2, 0.25) is 0 Å². The number of unbranched alkanes of at least 4 members (excludes halogenated alkanes) is 41. The van der Waals surface area contributed by atoms with E-state index >= 15 is 0 Å². The molecule has 0 heterocycles. The molecule has 0 amide bonds. The van der Waals surface area contributed by atoms with Gasteiger partial charge in [-0.15, -0.1) is 0 Å². The van der Waals surface area contributed by atoms with Crippen molar-refractivity contribution in [3.8, 4) is 0 Å². The summed E-state index contributed by atoms with van der Waals surface area (Å²) in [5.74, 6) is -0.836. The summed E-state index contributed by atoms with van der Waals surface area (Å²) >= 11 is 0. The number of esters is 3. The number of rotatable bonds is 52. The van der Waals surface area contributed by atoms with Gasteiger partial charge in [-0.3, -0.25) is 14.4 Å². The standard InChI is InChI=1S/C56H108O6/c1-4-7-10-13-16-19-22-24-26-27-28-29-30-32-34-37-40-43-46-49-55(58)61-52-53(51-60-54(57)48-45-42-39-36-33-21-18-15-12-9-6-3)62-56(59)50-47-44-41-38-35-31-25-23-20-17-14-11-8-5-2/h53H,4-52H2,1-3H3. The number of hydrogen-bond acceptors (Lipinski definition) is 6. The monoisotopic (exact) mass is 877 g/mol. The zero-order chi connectivity index (χ0) is 45.1. The fraction of sp³-hybridized carbons (Fsp3) is 0.946. The Labute approximate surface area is 387 Å². The molecule has 62 heavy (non-hydrogen) atoms. The van der Waals surface area contributed by atoms with Crippen LogP contribution in [0.4, 0.5) is 0 Å². The fourth-order valence-corrected chi connectivity index (χ4v) is 8.62. The lowest BCUT2D eigenvalue weighted by Gasteiger charge is -2.18. The first kappa shape index (κ1) is 60.4. The van der Waals surface area contributed by atoms with E-state index in [1.807, 2.05) is 0 Å². The molecule has 0 fully saturated rings. The zero-order valence-electron chi connectivity index (χ0n) is 42.2. The predicted molar refractivity (Wildman–Crippen MR) is 266 cm³/mol. The van der Waals surface area contributed by atoms with E-state index in [9.17, 15) is 14.4 Å². The molecular weight excluding hydrogens is 769 g/mol. The largest absolute Gasteiger partial charge is 0.462 e. The van der Waals surface area contributed by atoms with E-state index in [1.54, 1.807) is 0 Å². The minimum absolute atomic E-state index is 0.0613. The highest BCUT2D eigenvalue weighted by Crippen LogP contribution is 2.17. The normalized spacial score (nSPS) is 11.9. The highest BCUT2D eigenvalue weighted by Gasteiger charge is 2.19. The topological polar surface area (TPSA) is 78.9 Å². The van der Waals surface area contributed by atoms with Crippen LogP contribution in [0.3, 0.4) is 0 Å². The van der Waals surface area contributed by atoms with E-state index < -0.39 is 6.10 Å². The first-order chi connectivity index (χ1) is 30.5. The van der Waals surface area contributed by atoms with Gasteiger partial charge in [0, 0.05) is 19.3 Å². The lowest BCUT2D eigenvalue weighted by molar-refractivity contribution is -0.167. The predicted octanol–water partition coefficient (Wildman–Crippen LogP) is 18.4. The van der Waals surface area contributed by atoms with E-state index in [0.717, 1.165) is 57.8 Å². The van der Waals surface area contributed by atoms with E-state index in [4.69, 9.17) is 14.2 Å². The third-order valence-corrected chi connectivity index (χ3v) is 12.9. The van der Waals surface area contributed by atoms with Gasteiger partial charge in [-0.25, -0.2) is 0 Å². The van der Waals surface area contributed by atoms with Gasteiger partial charge in [0.05, 0.1) is 0 Å². The van der Waals surface area contributed by atoms with Gasteiger partial charge in [0.15, 0.2) is 6.10 Å². The second-order valence-corrected chi connectivity index (χ2v) is 19.2. The summed E-state index contributed by atoms with van der Waals surface area (Å²) in [7, 11) is 0. The summed E-state index contributed by atoms with van der Waals surface area (Å²) in [6.45, 7) is 6.69. The molecule has 0 aromatic carbocycles. The molecule has 0 bridgehead atoms. The Bertz CT molecular complexity index is 920. The number of hydrogen-bond donors (Lipinski definition) is 0. The van der Waals surface area contributed by atoms with Gasteiger partial charge in [0.2, 0.25) is 0 Å². The molecule has 0 aromatic rings. The summed E-state index contributed by atoms with van der Waals surface area (Å²) < 4.78 is 16.8. The van der Waals surface area contributed by atoms with Gasteiger partial charge in [0.25, 0.3) is 0 Å². The van der Waals surface area contributed by atoms with Gasteiger partial charge in [-0.05, 0) is 19.3 Å². The Morgan fingerprint density at radius 1 is 0.258 bits per heavy atom. The van der Waals surface area contributed by atoms with Crippen LogP contribution < -0.4 is 0 Å². The minimum atomic E-state index is -0.760. The van der Waals surface area contributed by atoms with Crippen molar-refractivity contribution in [2.24, 2.45) is 0 Å². The van der Waals surface area contributed by atoms with E-state index in [2.05, 4.69) is 20.8 Å². The summed E-state index contributed by atoms with van der Waals surface area (Å²) in [6, 6.07) is 0. The summed E-state index contributed by atoms with van der Waals surface area (Å²) in [6.07, 6.45) is 56.6. The molecule has 0 saturated heterocycles. The maximum absolute atomic E-state index is 12.8. The van der Waals surface area contributed by atoms with Crippen LogP contribution in [-0.4, -0.2) is 37.2 Å². The first-order valence-corrected chi connectivity index (χ1v) is 28.0. The maximum atomic E-state index is 12.8. The number of ether oxygens (including phenoxy) is 3. The van der Waals surface area contributed by atoms with Crippen LogP contribution in [0.25, 0.3) is 0 Å².